The van der Waals surface area contributed by atoms with Gasteiger partial charge in [-0.1, -0.05) is 38.1 Å². The predicted molar refractivity (Wildman–Crippen MR) is 99.7 cm³/mol. The summed E-state index contributed by atoms with van der Waals surface area (Å²) in [6.45, 7) is 4.82. The molecule has 1 aliphatic heterocycles. The van der Waals surface area contributed by atoms with E-state index >= 15 is 0 Å². The van der Waals surface area contributed by atoms with E-state index < -0.39 is 6.08 Å². The SMILES string of the molecule is CC(C)c1cc(C(=O)N2Cc3ccccc3C2)c(O)c2c1C(=C(F)F)CC2. The highest BCUT2D eigenvalue weighted by atomic mass is 19.3. The molecule has 0 aromatic heterocycles. The Morgan fingerprint density at radius 3 is 2.30 bits per heavy atom. The van der Waals surface area contributed by atoms with Crippen molar-refractivity contribution in [2.24, 2.45) is 0 Å². The van der Waals surface area contributed by atoms with Gasteiger partial charge in [-0.3, -0.25) is 4.79 Å². The minimum atomic E-state index is -1.70. The molecule has 140 valence electrons. The first-order valence-corrected chi connectivity index (χ1v) is 9.17. The van der Waals surface area contributed by atoms with Crippen molar-refractivity contribution in [3.05, 3.63) is 69.8 Å². The van der Waals surface area contributed by atoms with Gasteiger partial charge in [-0.15, -0.1) is 0 Å². The van der Waals surface area contributed by atoms with Crippen LogP contribution >= 0.6 is 0 Å². The van der Waals surface area contributed by atoms with Gasteiger partial charge in [0.2, 0.25) is 0 Å². The van der Waals surface area contributed by atoms with Crippen molar-refractivity contribution in [1.29, 1.82) is 0 Å². The average molecular weight is 369 g/mol. The Hall–Kier alpha value is -2.69. The molecule has 1 aliphatic carbocycles. The molecule has 2 aromatic carbocycles. The van der Waals surface area contributed by atoms with Crippen LogP contribution in [0, 0.1) is 0 Å². The van der Waals surface area contributed by atoms with Crippen molar-refractivity contribution in [2.45, 2.75) is 45.7 Å². The number of phenolic OH excluding ortho intramolecular Hbond substituents is 1. The van der Waals surface area contributed by atoms with E-state index in [1.807, 2.05) is 38.1 Å². The lowest BCUT2D eigenvalue weighted by Crippen LogP contribution is -2.26. The molecule has 5 heteroatoms. The zero-order valence-corrected chi connectivity index (χ0v) is 15.4. The van der Waals surface area contributed by atoms with Crippen molar-refractivity contribution in [3.8, 4) is 5.75 Å². The summed E-state index contributed by atoms with van der Waals surface area (Å²) < 4.78 is 26.7. The molecule has 0 radical (unpaired) electrons. The summed E-state index contributed by atoms with van der Waals surface area (Å²) in [5, 5.41) is 10.7. The van der Waals surface area contributed by atoms with Crippen LogP contribution in [-0.2, 0) is 19.5 Å². The number of amides is 1. The second-order valence-corrected chi connectivity index (χ2v) is 7.54. The number of rotatable bonds is 2. The van der Waals surface area contributed by atoms with Crippen LogP contribution in [0.2, 0.25) is 0 Å². The highest BCUT2D eigenvalue weighted by Gasteiger charge is 2.33. The van der Waals surface area contributed by atoms with Crippen LogP contribution in [0.4, 0.5) is 8.78 Å². The van der Waals surface area contributed by atoms with E-state index in [-0.39, 0.29) is 35.1 Å². The standard InChI is InChI=1S/C22H21F2NO2/c1-12(2)17-9-18(20(26)15-7-8-16(19(15)17)21(23)24)22(27)25-10-13-5-3-4-6-14(13)11-25/h3-6,9,12,26H,7-8,10-11H2,1-2H3. The van der Waals surface area contributed by atoms with Gasteiger partial charge in [0.1, 0.15) is 5.75 Å². The first kappa shape index (κ1) is 17.7. The van der Waals surface area contributed by atoms with Crippen molar-refractivity contribution in [1.82, 2.24) is 4.90 Å². The Morgan fingerprint density at radius 2 is 1.74 bits per heavy atom. The number of halogens is 2. The van der Waals surface area contributed by atoms with Crippen LogP contribution in [-0.4, -0.2) is 15.9 Å². The molecule has 1 N–H and O–H groups in total. The highest BCUT2D eigenvalue weighted by molar-refractivity contribution is 5.99. The molecule has 0 fully saturated rings. The van der Waals surface area contributed by atoms with Crippen LogP contribution in [0.1, 0.15) is 64.4 Å². The summed E-state index contributed by atoms with van der Waals surface area (Å²) >= 11 is 0. The second-order valence-electron chi connectivity index (χ2n) is 7.54. The van der Waals surface area contributed by atoms with E-state index in [0.717, 1.165) is 11.1 Å². The van der Waals surface area contributed by atoms with Crippen molar-refractivity contribution in [2.75, 3.05) is 0 Å². The molecule has 2 aromatic rings. The highest BCUT2D eigenvalue weighted by Crippen LogP contribution is 2.46. The molecule has 0 spiro atoms. The lowest BCUT2D eigenvalue weighted by Gasteiger charge is -2.21. The average Bonchev–Trinajstić information content (AvgIpc) is 3.26. The van der Waals surface area contributed by atoms with Gasteiger partial charge < -0.3 is 10.0 Å². The van der Waals surface area contributed by atoms with Gasteiger partial charge in [0, 0.05) is 24.2 Å². The summed E-state index contributed by atoms with van der Waals surface area (Å²) in [5.74, 6) is -0.438. The smallest absolute Gasteiger partial charge is 0.274 e. The van der Waals surface area contributed by atoms with E-state index in [9.17, 15) is 18.7 Å². The number of allylic oxidation sites excluding steroid dienone is 1. The van der Waals surface area contributed by atoms with Crippen LogP contribution in [0.3, 0.4) is 0 Å². The predicted octanol–water partition coefficient (Wildman–Crippen LogP) is 5.23. The lowest BCUT2D eigenvalue weighted by molar-refractivity contribution is 0.0748. The molecular weight excluding hydrogens is 348 g/mol. The normalized spacial score (nSPS) is 15.3. The van der Waals surface area contributed by atoms with E-state index in [1.165, 1.54) is 0 Å². The number of aromatic hydroxyl groups is 1. The molecular formula is C22H21F2NO2. The van der Waals surface area contributed by atoms with Gasteiger partial charge in [0.15, 0.2) is 0 Å². The number of phenols is 1. The molecule has 0 unspecified atom stereocenters. The zero-order valence-electron chi connectivity index (χ0n) is 15.4. The Labute approximate surface area is 156 Å². The summed E-state index contributed by atoms with van der Waals surface area (Å²) in [7, 11) is 0. The van der Waals surface area contributed by atoms with Gasteiger partial charge in [-0.25, -0.2) is 0 Å². The van der Waals surface area contributed by atoms with E-state index in [2.05, 4.69) is 0 Å². The Morgan fingerprint density at radius 1 is 1.11 bits per heavy atom. The molecule has 0 bridgehead atoms. The third kappa shape index (κ3) is 2.82. The summed E-state index contributed by atoms with van der Waals surface area (Å²) in [6.07, 6.45) is -1.18. The molecule has 2 aliphatic rings. The fourth-order valence-electron chi connectivity index (χ4n) is 4.18. The topological polar surface area (TPSA) is 40.5 Å². The molecule has 27 heavy (non-hydrogen) atoms. The number of fused-ring (bicyclic) bond motifs is 2. The van der Waals surface area contributed by atoms with Crippen molar-refractivity contribution >= 4 is 11.5 Å². The van der Waals surface area contributed by atoms with Crippen LogP contribution in [0.25, 0.3) is 5.57 Å². The molecule has 3 nitrogen and oxygen atoms in total. The van der Waals surface area contributed by atoms with Crippen LogP contribution in [0.5, 0.6) is 5.75 Å². The fourth-order valence-corrected chi connectivity index (χ4v) is 4.18. The number of hydrogen-bond donors (Lipinski definition) is 1. The number of carbonyl (C=O) groups is 1. The zero-order chi connectivity index (χ0) is 19.3. The van der Waals surface area contributed by atoms with Crippen molar-refractivity contribution in [3.63, 3.8) is 0 Å². The molecule has 0 atom stereocenters. The van der Waals surface area contributed by atoms with E-state index in [4.69, 9.17) is 0 Å². The third-order valence-corrected chi connectivity index (χ3v) is 5.57. The maximum absolute atomic E-state index is 13.4. The maximum Gasteiger partial charge on any atom is 0.274 e. The van der Waals surface area contributed by atoms with Crippen LogP contribution < -0.4 is 0 Å². The first-order chi connectivity index (χ1) is 12.9. The second kappa shape index (κ2) is 6.48. The molecule has 0 saturated carbocycles. The minimum Gasteiger partial charge on any atom is -0.507 e. The van der Waals surface area contributed by atoms with Gasteiger partial charge >= 0.3 is 0 Å². The largest absolute Gasteiger partial charge is 0.507 e. The van der Waals surface area contributed by atoms with Gasteiger partial charge in [-0.05, 0) is 47.1 Å². The molecule has 1 heterocycles. The monoisotopic (exact) mass is 369 g/mol. The number of hydrogen-bond acceptors (Lipinski definition) is 2. The molecule has 1 amide bonds. The Balaban J connectivity index is 1.78. The Bertz CT molecular complexity index is 950. The van der Waals surface area contributed by atoms with Crippen LogP contribution in [0.15, 0.2) is 36.4 Å². The number of carbonyl (C=O) groups excluding carboxylic acids is 1. The first-order valence-electron chi connectivity index (χ1n) is 9.17. The maximum atomic E-state index is 13.4. The minimum absolute atomic E-state index is 0.00317. The third-order valence-electron chi connectivity index (χ3n) is 5.57. The van der Waals surface area contributed by atoms with Gasteiger partial charge in [-0.2, -0.15) is 8.78 Å². The van der Waals surface area contributed by atoms with E-state index in [1.54, 1.807) is 11.0 Å². The summed E-state index contributed by atoms with van der Waals surface area (Å²) in [6, 6.07) is 9.47. The van der Waals surface area contributed by atoms with Gasteiger partial charge in [0.25, 0.3) is 12.0 Å². The summed E-state index contributed by atoms with van der Waals surface area (Å²) in [4.78, 5) is 14.8. The number of nitrogens with zero attached hydrogens (tertiary/aromatic N) is 1. The fraction of sp³-hybridized carbons (Fsp3) is 0.318. The van der Waals surface area contributed by atoms with Gasteiger partial charge in [0.05, 0.1) is 5.56 Å². The summed E-state index contributed by atoms with van der Waals surface area (Å²) in [5.41, 5.74) is 4.01. The quantitative estimate of drug-likeness (QED) is 0.788. The lowest BCUT2D eigenvalue weighted by atomic mass is 9.89. The molecule has 4 rings (SSSR count). The number of benzene rings is 2. The Kier molecular flexibility index (Phi) is 4.25. The van der Waals surface area contributed by atoms with E-state index in [0.29, 0.717) is 36.2 Å². The van der Waals surface area contributed by atoms with Crippen molar-refractivity contribution < 1.29 is 18.7 Å². The molecule has 0 saturated heterocycles.